The van der Waals surface area contributed by atoms with Crippen molar-refractivity contribution in [3.63, 3.8) is 0 Å². The summed E-state index contributed by atoms with van der Waals surface area (Å²) in [7, 11) is 0. The third-order valence-corrected chi connectivity index (χ3v) is 4.38. The first-order valence-electron chi connectivity index (χ1n) is 6.26. The average Bonchev–Trinajstić information content (AvgIpc) is 2.91. The van der Waals surface area contributed by atoms with Crippen molar-refractivity contribution in [2.24, 2.45) is 0 Å². The van der Waals surface area contributed by atoms with E-state index in [1.54, 1.807) is 11.3 Å². The molecule has 0 amide bonds. The van der Waals surface area contributed by atoms with Crippen molar-refractivity contribution >= 4 is 34.5 Å². The predicted octanol–water partition coefficient (Wildman–Crippen LogP) is 4.73. The summed E-state index contributed by atoms with van der Waals surface area (Å²) >= 11 is 13.6. The summed E-state index contributed by atoms with van der Waals surface area (Å²) in [4.78, 5) is 4.28. The largest absolute Gasteiger partial charge is 0.310 e. The van der Waals surface area contributed by atoms with Gasteiger partial charge in [-0.25, -0.2) is 4.98 Å². The Balaban J connectivity index is 1.93. The van der Waals surface area contributed by atoms with Gasteiger partial charge in [0.05, 0.1) is 21.2 Å². The van der Waals surface area contributed by atoms with Gasteiger partial charge in [-0.05, 0) is 24.1 Å². The highest BCUT2D eigenvalue weighted by Gasteiger charge is 2.10. The number of aromatic nitrogens is 1. The molecule has 1 heterocycles. The minimum Gasteiger partial charge on any atom is -0.310 e. The quantitative estimate of drug-likeness (QED) is 0.833. The van der Waals surface area contributed by atoms with E-state index in [1.807, 2.05) is 23.7 Å². The van der Waals surface area contributed by atoms with Crippen LogP contribution < -0.4 is 5.32 Å². The summed E-state index contributed by atoms with van der Waals surface area (Å²) in [6.45, 7) is 3.06. The Morgan fingerprint density at radius 2 is 2.16 bits per heavy atom. The number of halogens is 2. The van der Waals surface area contributed by atoms with Crippen LogP contribution in [-0.2, 0) is 6.42 Å². The van der Waals surface area contributed by atoms with Gasteiger partial charge in [0.2, 0.25) is 0 Å². The maximum Gasteiger partial charge on any atom is 0.0794 e. The molecule has 0 spiro atoms. The van der Waals surface area contributed by atoms with E-state index < -0.39 is 0 Å². The zero-order valence-electron chi connectivity index (χ0n) is 10.7. The van der Waals surface area contributed by atoms with Crippen molar-refractivity contribution in [2.45, 2.75) is 25.8 Å². The number of thiazole rings is 1. The number of nitrogens with zero attached hydrogens (tertiary/aromatic N) is 1. The highest BCUT2D eigenvalue weighted by molar-refractivity contribution is 7.07. The fraction of sp³-hybridized carbons (Fsp3) is 0.357. The number of nitrogens with one attached hydrogen (secondary N) is 1. The molecule has 2 rings (SSSR count). The minimum absolute atomic E-state index is 0.299. The molecule has 1 aromatic heterocycles. The molecule has 0 aliphatic rings. The van der Waals surface area contributed by atoms with E-state index in [0.29, 0.717) is 16.1 Å². The zero-order chi connectivity index (χ0) is 13.7. The smallest absolute Gasteiger partial charge is 0.0794 e. The molecule has 1 N–H and O–H groups in total. The highest BCUT2D eigenvalue weighted by Crippen LogP contribution is 2.26. The van der Waals surface area contributed by atoms with E-state index in [0.717, 1.165) is 25.1 Å². The maximum absolute atomic E-state index is 6.06. The minimum atomic E-state index is 0.299. The van der Waals surface area contributed by atoms with Gasteiger partial charge in [0, 0.05) is 24.4 Å². The first-order valence-corrected chi connectivity index (χ1v) is 7.96. The van der Waals surface area contributed by atoms with Gasteiger partial charge in [0.15, 0.2) is 0 Å². The first kappa shape index (κ1) is 14.8. The van der Waals surface area contributed by atoms with Crippen molar-refractivity contribution in [1.82, 2.24) is 10.3 Å². The molecule has 0 saturated carbocycles. The molecule has 1 unspecified atom stereocenters. The second kappa shape index (κ2) is 7.25. The average molecular weight is 315 g/mol. The van der Waals surface area contributed by atoms with E-state index >= 15 is 0 Å². The Morgan fingerprint density at radius 1 is 1.32 bits per heavy atom. The molecule has 0 radical (unpaired) electrons. The van der Waals surface area contributed by atoms with Crippen LogP contribution in [0.1, 0.15) is 30.6 Å². The summed E-state index contributed by atoms with van der Waals surface area (Å²) in [5, 5.41) is 6.83. The van der Waals surface area contributed by atoms with Crippen molar-refractivity contribution in [2.75, 3.05) is 6.54 Å². The lowest BCUT2D eigenvalue weighted by molar-refractivity contribution is 0.521. The van der Waals surface area contributed by atoms with E-state index in [9.17, 15) is 0 Å². The van der Waals surface area contributed by atoms with Crippen LogP contribution >= 0.6 is 34.5 Å². The fourth-order valence-electron chi connectivity index (χ4n) is 1.96. The van der Waals surface area contributed by atoms with Crippen LogP contribution in [0.2, 0.25) is 10.0 Å². The molecular weight excluding hydrogens is 299 g/mol. The van der Waals surface area contributed by atoms with Crippen LogP contribution in [-0.4, -0.2) is 11.5 Å². The van der Waals surface area contributed by atoms with Crippen LogP contribution in [0.4, 0.5) is 0 Å². The lowest BCUT2D eigenvalue weighted by atomic mass is 10.0. The number of benzene rings is 1. The molecular formula is C14H16Cl2N2S. The highest BCUT2D eigenvalue weighted by atomic mass is 35.5. The summed E-state index contributed by atoms with van der Waals surface area (Å²) in [6.07, 6.45) is 1.95. The summed E-state index contributed by atoms with van der Waals surface area (Å²) in [5.41, 5.74) is 4.18. The van der Waals surface area contributed by atoms with Crippen molar-refractivity contribution < 1.29 is 0 Å². The van der Waals surface area contributed by atoms with Gasteiger partial charge in [0.1, 0.15) is 0 Å². The molecule has 0 fully saturated rings. The Morgan fingerprint density at radius 3 is 2.79 bits per heavy atom. The summed E-state index contributed by atoms with van der Waals surface area (Å²) in [6, 6.07) is 6.12. The third-order valence-electron chi connectivity index (χ3n) is 3.01. The molecule has 2 nitrogen and oxygen atoms in total. The van der Waals surface area contributed by atoms with E-state index in [2.05, 4.69) is 22.6 Å². The SMILES string of the molecule is CCC(NCCc1cscn1)c1ccc(Cl)c(Cl)c1. The second-order valence-corrected chi connectivity index (χ2v) is 5.85. The second-order valence-electron chi connectivity index (χ2n) is 4.32. The topological polar surface area (TPSA) is 24.9 Å². The lowest BCUT2D eigenvalue weighted by Crippen LogP contribution is -2.23. The normalized spacial score (nSPS) is 12.6. The van der Waals surface area contributed by atoms with Crippen LogP contribution in [0, 0.1) is 0 Å². The molecule has 0 bridgehead atoms. The monoisotopic (exact) mass is 314 g/mol. The number of hydrogen-bond donors (Lipinski definition) is 1. The zero-order valence-corrected chi connectivity index (χ0v) is 13.0. The fourth-order valence-corrected chi connectivity index (χ4v) is 2.86. The van der Waals surface area contributed by atoms with Crippen LogP contribution in [0.5, 0.6) is 0 Å². The Kier molecular flexibility index (Phi) is 5.64. The molecule has 1 atom stereocenters. The standard InChI is InChI=1S/C14H16Cl2N2S/c1-2-14(10-3-4-12(15)13(16)7-10)17-6-5-11-8-19-9-18-11/h3-4,7-9,14,17H,2,5-6H2,1H3. The van der Waals surface area contributed by atoms with Crippen molar-refractivity contribution in [3.8, 4) is 0 Å². The molecule has 0 saturated heterocycles. The van der Waals surface area contributed by atoms with Gasteiger partial charge in [-0.15, -0.1) is 11.3 Å². The van der Waals surface area contributed by atoms with Crippen molar-refractivity contribution in [1.29, 1.82) is 0 Å². The Labute approximate surface area is 127 Å². The predicted molar refractivity (Wildman–Crippen MR) is 83.3 cm³/mol. The van der Waals surface area contributed by atoms with Gasteiger partial charge < -0.3 is 5.32 Å². The first-order chi connectivity index (χ1) is 9.20. The molecule has 1 aromatic carbocycles. The lowest BCUT2D eigenvalue weighted by Gasteiger charge is -2.17. The van der Waals surface area contributed by atoms with E-state index in [1.165, 1.54) is 5.56 Å². The van der Waals surface area contributed by atoms with Crippen molar-refractivity contribution in [3.05, 3.63) is 50.4 Å². The molecule has 0 aliphatic carbocycles. The summed E-state index contributed by atoms with van der Waals surface area (Å²) in [5.74, 6) is 0. The molecule has 102 valence electrons. The van der Waals surface area contributed by atoms with Gasteiger partial charge in [-0.2, -0.15) is 0 Å². The van der Waals surface area contributed by atoms with E-state index in [4.69, 9.17) is 23.2 Å². The van der Waals surface area contributed by atoms with Crippen LogP contribution in [0.3, 0.4) is 0 Å². The van der Waals surface area contributed by atoms with Gasteiger partial charge >= 0.3 is 0 Å². The Bertz CT molecular complexity index is 514. The van der Waals surface area contributed by atoms with Crippen LogP contribution in [0.15, 0.2) is 29.1 Å². The molecule has 19 heavy (non-hydrogen) atoms. The van der Waals surface area contributed by atoms with Gasteiger partial charge in [-0.1, -0.05) is 36.2 Å². The van der Waals surface area contributed by atoms with Crippen LogP contribution in [0.25, 0.3) is 0 Å². The molecule has 2 aromatic rings. The van der Waals surface area contributed by atoms with Gasteiger partial charge in [-0.3, -0.25) is 0 Å². The summed E-state index contributed by atoms with van der Waals surface area (Å²) < 4.78 is 0. The number of hydrogen-bond acceptors (Lipinski definition) is 3. The van der Waals surface area contributed by atoms with Gasteiger partial charge in [0.25, 0.3) is 0 Å². The third kappa shape index (κ3) is 4.18. The Hall–Kier alpha value is -0.610. The molecule has 5 heteroatoms. The number of rotatable bonds is 6. The molecule has 0 aliphatic heterocycles. The van der Waals surface area contributed by atoms with E-state index in [-0.39, 0.29) is 0 Å². The maximum atomic E-state index is 6.06.